The summed E-state index contributed by atoms with van der Waals surface area (Å²) in [6, 6.07) is 12.9. The van der Waals surface area contributed by atoms with Gasteiger partial charge in [0.15, 0.2) is 0 Å². The van der Waals surface area contributed by atoms with Crippen molar-refractivity contribution in [2.75, 3.05) is 13.7 Å². The van der Waals surface area contributed by atoms with Crippen molar-refractivity contribution in [2.45, 2.75) is 58.4 Å². The Hall–Kier alpha value is -3.01. The molecule has 166 valence electrons. The van der Waals surface area contributed by atoms with Crippen LogP contribution in [-0.2, 0) is 5.54 Å². The summed E-state index contributed by atoms with van der Waals surface area (Å²) in [5.74, 6) is 2.35. The molecule has 2 aromatic carbocycles. The van der Waals surface area contributed by atoms with Crippen LogP contribution in [0.25, 0.3) is 11.0 Å². The minimum Gasteiger partial charge on any atom is -0.497 e. The van der Waals surface area contributed by atoms with Crippen molar-refractivity contribution in [1.29, 1.82) is 0 Å². The molecule has 1 aliphatic carbocycles. The van der Waals surface area contributed by atoms with E-state index in [-0.39, 0.29) is 5.54 Å². The van der Waals surface area contributed by atoms with Crippen molar-refractivity contribution in [3.63, 3.8) is 0 Å². The molecule has 0 spiro atoms. The van der Waals surface area contributed by atoms with Crippen LogP contribution in [0.1, 0.15) is 61.5 Å². The number of aromatic nitrogens is 2. The third kappa shape index (κ3) is 3.42. The summed E-state index contributed by atoms with van der Waals surface area (Å²) in [4.78, 5) is 11.3. The largest absolute Gasteiger partial charge is 0.497 e. The number of aromatic amines is 1. The first-order valence-corrected chi connectivity index (χ1v) is 11.7. The van der Waals surface area contributed by atoms with E-state index in [1.54, 1.807) is 7.11 Å². The molecule has 1 fully saturated rings. The number of rotatable bonds is 4. The van der Waals surface area contributed by atoms with Crippen molar-refractivity contribution in [2.24, 2.45) is 0 Å². The molecule has 4 nitrogen and oxygen atoms in total. The van der Waals surface area contributed by atoms with Crippen molar-refractivity contribution in [1.82, 2.24) is 14.9 Å². The van der Waals surface area contributed by atoms with E-state index in [2.05, 4.69) is 80.1 Å². The molecule has 5 rings (SSSR count). The smallest absolute Gasteiger partial charge is 0.132 e. The third-order valence-electron chi connectivity index (χ3n) is 7.50. The number of hydrogen-bond acceptors (Lipinski definition) is 3. The highest BCUT2D eigenvalue weighted by atomic mass is 16.5. The van der Waals surface area contributed by atoms with Gasteiger partial charge in [-0.2, -0.15) is 0 Å². The van der Waals surface area contributed by atoms with Gasteiger partial charge in [-0.25, -0.2) is 4.98 Å². The summed E-state index contributed by atoms with van der Waals surface area (Å²) in [5, 5.41) is 0. The Morgan fingerprint density at radius 2 is 1.94 bits per heavy atom. The van der Waals surface area contributed by atoms with E-state index in [1.165, 1.54) is 34.4 Å². The maximum Gasteiger partial charge on any atom is 0.132 e. The molecule has 1 N–H and O–H groups in total. The van der Waals surface area contributed by atoms with Crippen LogP contribution in [0.2, 0.25) is 0 Å². The minimum absolute atomic E-state index is 0.141. The molecule has 1 unspecified atom stereocenters. The summed E-state index contributed by atoms with van der Waals surface area (Å²) >= 11 is 0. The molecule has 2 atom stereocenters. The maximum absolute atomic E-state index is 5.47. The molecule has 0 saturated carbocycles. The van der Waals surface area contributed by atoms with Gasteiger partial charge in [0, 0.05) is 18.2 Å². The van der Waals surface area contributed by atoms with E-state index >= 15 is 0 Å². The van der Waals surface area contributed by atoms with Gasteiger partial charge in [0.2, 0.25) is 0 Å². The number of hydrogen-bond donors (Lipinski definition) is 1. The highest BCUT2D eigenvalue weighted by Crippen LogP contribution is 2.44. The molecule has 2 aliphatic rings. The van der Waals surface area contributed by atoms with Gasteiger partial charge < -0.3 is 14.6 Å². The second kappa shape index (κ2) is 7.84. The lowest BCUT2D eigenvalue weighted by Gasteiger charge is -2.39. The summed E-state index contributed by atoms with van der Waals surface area (Å²) in [6.07, 6.45) is 8.14. The van der Waals surface area contributed by atoms with E-state index in [4.69, 9.17) is 9.72 Å². The number of imidazole rings is 1. The van der Waals surface area contributed by atoms with Crippen molar-refractivity contribution in [3.8, 4) is 5.75 Å². The Bertz CT molecular complexity index is 1200. The summed E-state index contributed by atoms with van der Waals surface area (Å²) in [5.41, 5.74) is 8.66. The number of H-pyrrole nitrogens is 1. The molecule has 4 heteroatoms. The predicted molar refractivity (Wildman–Crippen MR) is 131 cm³/mol. The van der Waals surface area contributed by atoms with Crippen LogP contribution in [0, 0.1) is 13.8 Å². The predicted octanol–water partition coefficient (Wildman–Crippen LogP) is 6.52. The molecule has 0 bridgehead atoms. The summed E-state index contributed by atoms with van der Waals surface area (Å²) in [7, 11) is 1.73. The van der Waals surface area contributed by atoms with Crippen LogP contribution >= 0.6 is 0 Å². The fourth-order valence-electron chi connectivity index (χ4n) is 5.33. The van der Waals surface area contributed by atoms with Crippen molar-refractivity contribution < 1.29 is 4.74 Å². The van der Waals surface area contributed by atoms with Gasteiger partial charge in [0.1, 0.15) is 11.6 Å². The van der Waals surface area contributed by atoms with Gasteiger partial charge >= 0.3 is 0 Å². The topological polar surface area (TPSA) is 41.1 Å². The number of nitrogens with zero attached hydrogens (tertiary/aromatic N) is 2. The van der Waals surface area contributed by atoms with Gasteiger partial charge in [0.05, 0.1) is 23.7 Å². The van der Waals surface area contributed by atoms with E-state index in [0.717, 1.165) is 42.0 Å². The van der Waals surface area contributed by atoms with E-state index in [0.29, 0.717) is 5.92 Å². The van der Waals surface area contributed by atoms with Crippen LogP contribution < -0.4 is 4.74 Å². The zero-order chi connectivity index (χ0) is 22.5. The normalized spacial score (nSPS) is 23.4. The zero-order valence-corrected chi connectivity index (χ0v) is 19.8. The summed E-state index contributed by atoms with van der Waals surface area (Å²) < 4.78 is 5.47. The first-order valence-electron chi connectivity index (χ1n) is 11.7. The number of fused-ring (bicyclic) bond motifs is 1. The van der Waals surface area contributed by atoms with Gasteiger partial charge in [-0.3, -0.25) is 0 Å². The SMILES string of the molecule is COc1cccc(C2C=C(N3CCC[C@@]3(C)c3nc4cc(C)c(C)cc4[nH]3)C(C)=CC2)c1. The Morgan fingerprint density at radius 3 is 2.75 bits per heavy atom. The Labute approximate surface area is 191 Å². The average molecular weight is 428 g/mol. The molecular weight excluding hydrogens is 394 g/mol. The van der Waals surface area contributed by atoms with Gasteiger partial charge in [0.25, 0.3) is 0 Å². The molecule has 0 amide bonds. The minimum atomic E-state index is -0.141. The van der Waals surface area contributed by atoms with Crippen LogP contribution in [0.3, 0.4) is 0 Å². The number of benzene rings is 2. The summed E-state index contributed by atoms with van der Waals surface area (Å²) in [6.45, 7) is 9.97. The molecule has 2 heterocycles. The second-order valence-electron chi connectivity index (χ2n) is 9.63. The van der Waals surface area contributed by atoms with E-state index < -0.39 is 0 Å². The van der Waals surface area contributed by atoms with Crippen LogP contribution in [0.5, 0.6) is 5.75 Å². The Balaban J connectivity index is 1.53. The first-order chi connectivity index (χ1) is 15.4. The fraction of sp³-hybridized carbons (Fsp3) is 0.393. The number of nitrogens with one attached hydrogen (secondary N) is 1. The number of likely N-dealkylation sites (tertiary alicyclic amines) is 1. The molecule has 0 radical (unpaired) electrons. The highest BCUT2D eigenvalue weighted by Gasteiger charge is 2.42. The third-order valence-corrected chi connectivity index (χ3v) is 7.50. The molecule has 3 aromatic rings. The number of allylic oxidation sites excluding steroid dienone is 3. The molecule has 1 aliphatic heterocycles. The molecule has 32 heavy (non-hydrogen) atoms. The second-order valence-corrected chi connectivity index (χ2v) is 9.63. The van der Waals surface area contributed by atoms with Crippen LogP contribution in [0.4, 0.5) is 0 Å². The van der Waals surface area contributed by atoms with Crippen molar-refractivity contribution >= 4 is 11.0 Å². The lowest BCUT2D eigenvalue weighted by Crippen LogP contribution is -2.39. The van der Waals surface area contributed by atoms with Gasteiger partial charge in [-0.05, 0) is 93.5 Å². The standard InChI is InChI=1S/C28H33N3O/c1-18-10-11-22(21-8-6-9-23(16-21)32-5)17-26(18)31-13-7-12-28(31,4)27-29-24-14-19(2)20(3)15-25(24)30-27/h6,8-10,14-17,22H,7,11-13H2,1-5H3,(H,29,30)/t22?,28-/m0/s1. The zero-order valence-electron chi connectivity index (χ0n) is 19.8. The van der Waals surface area contributed by atoms with Crippen LogP contribution in [-0.4, -0.2) is 28.5 Å². The molecule has 1 saturated heterocycles. The first kappa shape index (κ1) is 20.9. The number of methoxy groups -OCH3 is 1. The average Bonchev–Trinajstić information content (AvgIpc) is 3.39. The number of aryl methyl sites for hydroxylation is 2. The Morgan fingerprint density at radius 1 is 1.12 bits per heavy atom. The fourth-order valence-corrected chi connectivity index (χ4v) is 5.33. The van der Waals surface area contributed by atoms with E-state index in [9.17, 15) is 0 Å². The van der Waals surface area contributed by atoms with Crippen molar-refractivity contribution in [3.05, 3.63) is 82.3 Å². The molecule has 1 aromatic heterocycles. The van der Waals surface area contributed by atoms with Crippen LogP contribution in [0.15, 0.2) is 59.8 Å². The maximum atomic E-state index is 5.47. The quantitative estimate of drug-likeness (QED) is 0.515. The number of ether oxygens (including phenoxy) is 1. The monoisotopic (exact) mass is 427 g/mol. The van der Waals surface area contributed by atoms with E-state index in [1.807, 2.05) is 6.07 Å². The lowest BCUT2D eigenvalue weighted by molar-refractivity contribution is 0.198. The Kier molecular flexibility index (Phi) is 5.11. The lowest BCUT2D eigenvalue weighted by atomic mass is 9.87. The van der Waals surface area contributed by atoms with Gasteiger partial charge in [-0.1, -0.05) is 24.3 Å². The van der Waals surface area contributed by atoms with Gasteiger partial charge in [-0.15, -0.1) is 0 Å². The highest BCUT2D eigenvalue weighted by molar-refractivity contribution is 5.77. The molecular formula is C28H33N3O.